The van der Waals surface area contributed by atoms with Crippen LogP contribution < -0.4 is 0 Å². The molecule has 0 unspecified atom stereocenters. The number of hydrogen-bond acceptors (Lipinski definition) is 1. The monoisotopic (exact) mass is 199 g/mol. The summed E-state index contributed by atoms with van der Waals surface area (Å²) in [7, 11) is 0. The molecule has 0 fully saturated rings. The van der Waals surface area contributed by atoms with E-state index < -0.39 is 0 Å². The van der Waals surface area contributed by atoms with E-state index >= 15 is 0 Å². The molecule has 0 aliphatic rings. The first-order chi connectivity index (χ1) is 6.16. The molecule has 0 bridgehead atoms. The van der Waals surface area contributed by atoms with E-state index in [4.69, 9.17) is 0 Å². The summed E-state index contributed by atoms with van der Waals surface area (Å²) in [5.41, 5.74) is -0.265. The normalized spacial score (nSPS) is 12.4. The highest BCUT2D eigenvalue weighted by Gasteiger charge is 2.28. The van der Waals surface area contributed by atoms with Crippen LogP contribution in [-0.2, 0) is 4.79 Å². The molecule has 0 saturated carbocycles. The average Bonchev–Trinajstić information content (AvgIpc) is 1.96. The van der Waals surface area contributed by atoms with Crippen molar-refractivity contribution >= 4 is 5.91 Å². The molecule has 0 atom stereocenters. The molecule has 0 aromatic carbocycles. The molecule has 2 nitrogen and oxygen atoms in total. The minimum atomic E-state index is -0.265. The molecule has 0 N–H and O–H groups in total. The van der Waals surface area contributed by atoms with Crippen LogP contribution >= 0.6 is 0 Å². The lowest BCUT2D eigenvalue weighted by Crippen LogP contribution is -2.45. The number of rotatable bonds is 3. The second-order valence-corrected chi connectivity index (χ2v) is 5.70. The van der Waals surface area contributed by atoms with Crippen LogP contribution in [0.3, 0.4) is 0 Å². The number of carbonyl (C=O) groups is 1. The fourth-order valence-corrected chi connectivity index (χ4v) is 1.35. The third-order valence-electron chi connectivity index (χ3n) is 2.09. The van der Waals surface area contributed by atoms with Gasteiger partial charge in [-0.05, 0) is 19.8 Å². The summed E-state index contributed by atoms with van der Waals surface area (Å²) in [5, 5.41) is 0. The summed E-state index contributed by atoms with van der Waals surface area (Å²) in [6, 6.07) is 0.295. The van der Waals surface area contributed by atoms with Gasteiger partial charge in [-0.15, -0.1) is 0 Å². The largest absolute Gasteiger partial charge is 0.340 e. The Morgan fingerprint density at radius 1 is 1.14 bits per heavy atom. The van der Waals surface area contributed by atoms with Gasteiger partial charge in [0.2, 0.25) is 5.91 Å². The van der Waals surface area contributed by atoms with Gasteiger partial charge in [0.25, 0.3) is 0 Å². The summed E-state index contributed by atoms with van der Waals surface area (Å²) >= 11 is 0. The van der Waals surface area contributed by atoms with E-state index in [-0.39, 0.29) is 11.3 Å². The lowest BCUT2D eigenvalue weighted by Gasteiger charge is -2.34. The van der Waals surface area contributed by atoms with Gasteiger partial charge in [-0.2, -0.15) is 0 Å². The zero-order valence-electron chi connectivity index (χ0n) is 10.7. The van der Waals surface area contributed by atoms with E-state index in [0.29, 0.717) is 12.0 Å². The minimum absolute atomic E-state index is 0.251. The van der Waals surface area contributed by atoms with E-state index in [1.807, 2.05) is 25.7 Å². The first-order valence-corrected chi connectivity index (χ1v) is 5.47. The second-order valence-electron chi connectivity index (χ2n) is 5.70. The number of carbonyl (C=O) groups excluding carboxylic acids is 1. The van der Waals surface area contributed by atoms with Gasteiger partial charge in [0.1, 0.15) is 0 Å². The number of amides is 1. The Morgan fingerprint density at radius 3 is 1.79 bits per heavy atom. The Bertz CT molecular complexity index is 189. The summed E-state index contributed by atoms with van der Waals surface area (Å²) in [5.74, 6) is 0.782. The maximum absolute atomic E-state index is 12.1. The summed E-state index contributed by atoms with van der Waals surface area (Å²) in [6.45, 7) is 15.2. The Labute approximate surface area is 88.7 Å². The predicted octanol–water partition coefficient (Wildman–Crippen LogP) is 2.93. The van der Waals surface area contributed by atoms with Crippen LogP contribution in [0.15, 0.2) is 0 Å². The molecule has 0 saturated heterocycles. The summed E-state index contributed by atoms with van der Waals surface area (Å²) in [4.78, 5) is 14.0. The SMILES string of the molecule is CC(C)CN(C(=O)C(C)(C)C)C(C)C. The maximum atomic E-state index is 12.1. The molecular formula is C12H25NO. The van der Waals surface area contributed by atoms with E-state index in [1.165, 1.54) is 0 Å². The van der Waals surface area contributed by atoms with Gasteiger partial charge in [-0.25, -0.2) is 0 Å². The van der Waals surface area contributed by atoms with Gasteiger partial charge in [-0.3, -0.25) is 4.79 Å². The van der Waals surface area contributed by atoms with Crippen molar-refractivity contribution in [1.29, 1.82) is 0 Å². The smallest absolute Gasteiger partial charge is 0.228 e. The van der Waals surface area contributed by atoms with Gasteiger partial charge in [-0.1, -0.05) is 34.6 Å². The zero-order chi connectivity index (χ0) is 11.5. The molecule has 0 spiro atoms. The van der Waals surface area contributed by atoms with Crippen molar-refractivity contribution in [3.63, 3.8) is 0 Å². The molecule has 0 aliphatic heterocycles. The van der Waals surface area contributed by atoms with Gasteiger partial charge in [0.15, 0.2) is 0 Å². The van der Waals surface area contributed by atoms with Crippen molar-refractivity contribution in [3.05, 3.63) is 0 Å². The Hall–Kier alpha value is -0.530. The Morgan fingerprint density at radius 2 is 1.57 bits per heavy atom. The highest BCUT2D eigenvalue weighted by molar-refractivity contribution is 5.81. The fourth-order valence-electron chi connectivity index (χ4n) is 1.35. The van der Waals surface area contributed by atoms with Crippen molar-refractivity contribution in [1.82, 2.24) is 4.90 Å². The molecule has 1 amide bonds. The van der Waals surface area contributed by atoms with Gasteiger partial charge < -0.3 is 4.90 Å². The summed E-state index contributed by atoms with van der Waals surface area (Å²) < 4.78 is 0. The van der Waals surface area contributed by atoms with Crippen LogP contribution in [0.4, 0.5) is 0 Å². The average molecular weight is 199 g/mol. The zero-order valence-corrected chi connectivity index (χ0v) is 10.7. The highest BCUT2D eigenvalue weighted by Crippen LogP contribution is 2.20. The third kappa shape index (κ3) is 4.12. The summed E-state index contributed by atoms with van der Waals surface area (Å²) in [6.07, 6.45) is 0. The van der Waals surface area contributed by atoms with Gasteiger partial charge in [0, 0.05) is 18.0 Å². The molecule has 0 aromatic heterocycles. The van der Waals surface area contributed by atoms with Crippen molar-refractivity contribution in [2.45, 2.75) is 54.5 Å². The van der Waals surface area contributed by atoms with E-state index in [9.17, 15) is 4.79 Å². The third-order valence-corrected chi connectivity index (χ3v) is 2.09. The number of hydrogen-bond donors (Lipinski definition) is 0. The quantitative estimate of drug-likeness (QED) is 0.684. The molecule has 0 radical (unpaired) electrons. The van der Waals surface area contributed by atoms with Gasteiger partial charge >= 0.3 is 0 Å². The Kier molecular flexibility index (Phi) is 4.63. The van der Waals surface area contributed by atoms with E-state index in [2.05, 4.69) is 27.7 Å². The van der Waals surface area contributed by atoms with Crippen molar-refractivity contribution in [2.75, 3.05) is 6.54 Å². The first-order valence-electron chi connectivity index (χ1n) is 5.47. The predicted molar refractivity (Wildman–Crippen MR) is 61.1 cm³/mol. The number of nitrogens with zero attached hydrogens (tertiary/aromatic N) is 1. The molecule has 0 rings (SSSR count). The van der Waals surface area contributed by atoms with Crippen molar-refractivity contribution < 1.29 is 4.79 Å². The molecule has 14 heavy (non-hydrogen) atoms. The highest BCUT2D eigenvalue weighted by atomic mass is 16.2. The first kappa shape index (κ1) is 13.5. The van der Waals surface area contributed by atoms with Crippen LogP contribution in [-0.4, -0.2) is 23.4 Å². The lowest BCUT2D eigenvalue weighted by molar-refractivity contribution is -0.141. The standard InChI is InChI=1S/C12H25NO/c1-9(2)8-13(10(3)4)11(14)12(5,6)7/h9-10H,8H2,1-7H3. The van der Waals surface area contributed by atoms with E-state index in [0.717, 1.165) is 6.54 Å². The van der Waals surface area contributed by atoms with Crippen LogP contribution in [0.1, 0.15) is 48.5 Å². The maximum Gasteiger partial charge on any atom is 0.228 e. The Balaban J connectivity index is 4.59. The minimum Gasteiger partial charge on any atom is -0.340 e. The lowest BCUT2D eigenvalue weighted by atomic mass is 9.93. The molecule has 84 valence electrons. The second kappa shape index (κ2) is 4.81. The van der Waals surface area contributed by atoms with Gasteiger partial charge in [0.05, 0.1) is 0 Å². The van der Waals surface area contributed by atoms with Crippen LogP contribution in [0.25, 0.3) is 0 Å². The molecule has 0 heterocycles. The van der Waals surface area contributed by atoms with Crippen molar-refractivity contribution in [2.24, 2.45) is 11.3 Å². The van der Waals surface area contributed by atoms with Crippen LogP contribution in [0.5, 0.6) is 0 Å². The molecule has 0 aromatic rings. The molecule has 2 heteroatoms. The van der Waals surface area contributed by atoms with Crippen LogP contribution in [0, 0.1) is 11.3 Å². The fraction of sp³-hybridized carbons (Fsp3) is 0.917. The molecular weight excluding hydrogens is 174 g/mol. The molecule has 0 aliphatic carbocycles. The van der Waals surface area contributed by atoms with Crippen molar-refractivity contribution in [3.8, 4) is 0 Å². The van der Waals surface area contributed by atoms with E-state index in [1.54, 1.807) is 0 Å². The topological polar surface area (TPSA) is 20.3 Å². The van der Waals surface area contributed by atoms with Crippen LogP contribution in [0.2, 0.25) is 0 Å².